The van der Waals surface area contributed by atoms with E-state index in [1.807, 2.05) is 39.0 Å². The molecule has 0 saturated carbocycles. The Kier molecular flexibility index (Phi) is 5.18. The predicted molar refractivity (Wildman–Crippen MR) is 116 cm³/mol. The highest BCUT2D eigenvalue weighted by Crippen LogP contribution is 2.32. The van der Waals surface area contributed by atoms with Gasteiger partial charge in [0.25, 0.3) is 0 Å². The van der Waals surface area contributed by atoms with Crippen molar-refractivity contribution >= 4 is 33.5 Å². The summed E-state index contributed by atoms with van der Waals surface area (Å²) in [6.45, 7) is 5.74. The molecule has 0 radical (unpaired) electrons. The summed E-state index contributed by atoms with van der Waals surface area (Å²) in [5, 5.41) is 13.6. The molecule has 0 spiro atoms. The molecular formula is C24H23NO5. The summed E-state index contributed by atoms with van der Waals surface area (Å²) in [4.78, 5) is 25.2. The summed E-state index contributed by atoms with van der Waals surface area (Å²) in [5.41, 5.74) is 5.16. The lowest BCUT2D eigenvalue weighted by molar-refractivity contribution is -0.115. The molecule has 1 amide bonds. The first-order valence-electron chi connectivity index (χ1n) is 9.82. The van der Waals surface area contributed by atoms with Crippen molar-refractivity contribution in [3.63, 3.8) is 0 Å². The second kappa shape index (κ2) is 7.80. The fourth-order valence-electron chi connectivity index (χ4n) is 3.77. The molecule has 0 atom stereocenters. The van der Waals surface area contributed by atoms with Crippen LogP contribution in [0.3, 0.4) is 0 Å². The van der Waals surface area contributed by atoms with E-state index in [2.05, 4.69) is 5.32 Å². The molecule has 2 heterocycles. The molecule has 4 aromatic rings. The first-order valence-corrected chi connectivity index (χ1v) is 9.82. The minimum atomic E-state index is -0.515. The van der Waals surface area contributed by atoms with Gasteiger partial charge in [-0.2, -0.15) is 0 Å². The first-order chi connectivity index (χ1) is 14.4. The molecule has 4 rings (SSSR count). The molecule has 30 heavy (non-hydrogen) atoms. The van der Waals surface area contributed by atoms with Crippen LogP contribution in [0.5, 0.6) is 0 Å². The average molecular weight is 405 g/mol. The van der Waals surface area contributed by atoms with Crippen molar-refractivity contribution < 1.29 is 18.7 Å². The maximum absolute atomic E-state index is 12.7. The van der Waals surface area contributed by atoms with E-state index in [1.165, 1.54) is 0 Å². The molecule has 2 aromatic carbocycles. The molecule has 2 N–H and O–H groups in total. The number of benzene rings is 2. The molecule has 0 fully saturated rings. The molecular weight excluding hydrogens is 382 g/mol. The number of carbonyl (C=O) groups excluding carboxylic acids is 1. The van der Waals surface area contributed by atoms with Crippen LogP contribution in [0.25, 0.3) is 21.9 Å². The van der Waals surface area contributed by atoms with E-state index in [1.54, 1.807) is 18.4 Å². The van der Waals surface area contributed by atoms with Gasteiger partial charge in [-0.1, -0.05) is 12.1 Å². The first kappa shape index (κ1) is 19.9. The Labute approximate surface area is 173 Å². The van der Waals surface area contributed by atoms with Gasteiger partial charge < -0.3 is 19.3 Å². The zero-order valence-electron chi connectivity index (χ0n) is 17.2. The smallest absolute Gasteiger partial charge is 0.340 e. The summed E-state index contributed by atoms with van der Waals surface area (Å²) in [6, 6.07) is 9.21. The van der Waals surface area contributed by atoms with Crippen LogP contribution in [0, 0.1) is 20.8 Å². The van der Waals surface area contributed by atoms with Gasteiger partial charge in [-0.05, 0) is 62.1 Å². The number of anilines is 1. The van der Waals surface area contributed by atoms with Gasteiger partial charge in [-0.3, -0.25) is 4.79 Å². The molecule has 0 unspecified atom stereocenters. The lowest BCUT2D eigenvalue weighted by atomic mass is 9.99. The van der Waals surface area contributed by atoms with E-state index in [-0.39, 0.29) is 18.9 Å². The van der Waals surface area contributed by atoms with Gasteiger partial charge in [0.05, 0.1) is 18.2 Å². The Morgan fingerprint density at radius 3 is 2.47 bits per heavy atom. The summed E-state index contributed by atoms with van der Waals surface area (Å²) in [6.07, 6.45) is 2.17. The van der Waals surface area contributed by atoms with Crippen molar-refractivity contribution in [1.29, 1.82) is 0 Å². The summed E-state index contributed by atoms with van der Waals surface area (Å²) in [5.74, 6) is -0.294. The van der Waals surface area contributed by atoms with Crippen LogP contribution in [-0.4, -0.2) is 17.6 Å². The number of amides is 1. The Hall–Kier alpha value is -3.38. The Morgan fingerprint density at radius 2 is 1.77 bits per heavy atom. The van der Waals surface area contributed by atoms with E-state index < -0.39 is 5.63 Å². The van der Waals surface area contributed by atoms with Gasteiger partial charge in [0.1, 0.15) is 11.2 Å². The number of rotatable bonds is 5. The highest BCUT2D eigenvalue weighted by molar-refractivity contribution is 6.00. The lowest BCUT2D eigenvalue weighted by Crippen LogP contribution is -2.20. The standard InChI is InChI=1S/C24H23NO5/c1-13-12-29-22-15(3)23-19(10-18(13)22)14(2)20(24(28)30-23)11-21(27)25-17-6-4-16(5-7-17)8-9-26/h4-7,10,12,26H,8-9,11H2,1-3H3,(H,25,27). The van der Waals surface area contributed by atoms with Crippen LogP contribution in [0.1, 0.15) is 27.8 Å². The van der Waals surface area contributed by atoms with E-state index in [0.717, 1.165) is 33.0 Å². The quantitative estimate of drug-likeness (QED) is 0.486. The molecule has 2 aromatic heterocycles. The van der Waals surface area contributed by atoms with Crippen molar-refractivity contribution in [2.24, 2.45) is 0 Å². The van der Waals surface area contributed by atoms with Crippen LogP contribution in [0.2, 0.25) is 0 Å². The van der Waals surface area contributed by atoms with Gasteiger partial charge in [-0.15, -0.1) is 0 Å². The van der Waals surface area contributed by atoms with Crippen LogP contribution in [-0.2, 0) is 17.6 Å². The Bertz CT molecular complexity index is 1310. The number of aryl methyl sites for hydroxylation is 3. The van der Waals surface area contributed by atoms with E-state index in [0.29, 0.717) is 28.8 Å². The number of aliphatic hydroxyl groups is 1. The lowest BCUT2D eigenvalue weighted by Gasteiger charge is -2.11. The largest absolute Gasteiger partial charge is 0.464 e. The minimum absolute atomic E-state index is 0.0762. The predicted octanol–water partition coefficient (Wildman–Crippen LogP) is 4.18. The SMILES string of the molecule is Cc1coc2c(C)c3oc(=O)c(CC(=O)Nc4ccc(CCO)cc4)c(C)c3cc12. The number of hydrogen-bond acceptors (Lipinski definition) is 5. The van der Waals surface area contributed by atoms with Crippen LogP contribution in [0.15, 0.2) is 50.2 Å². The Morgan fingerprint density at radius 1 is 1.03 bits per heavy atom. The molecule has 0 aliphatic carbocycles. The highest BCUT2D eigenvalue weighted by atomic mass is 16.4. The fraction of sp³-hybridized carbons (Fsp3) is 0.250. The number of aliphatic hydroxyl groups excluding tert-OH is 1. The van der Waals surface area contributed by atoms with Crippen molar-refractivity contribution in [3.05, 3.63) is 74.8 Å². The summed E-state index contributed by atoms with van der Waals surface area (Å²) < 4.78 is 11.2. The van der Waals surface area contributed by atoms with Crippen molar-refractivity contribution in [2.75, 3.05) is 11.9 Å². The third-order valence-electron chi connectivity index (χ3n) is 5.51. The third kappa shape index (κ3) is 3.50. The molecule has 0 aliphatic rings. The zero-order valence-corrected chi connectivity index (χ0v) is 17.2. The van der Waals surface area contributed by atoms with Crippen LogP contribution >= 0.6 is 0 Å². The monoisotopic (exact) mass is 405 g/mol. The molecule has 6 nitrogen and oxygen atoms in total. The number of fused-ring (bicyclic) bond motifs is 2. The maximum Gasteiger partial charge on any atom is 0.340 e. The number of hydrogen-bond donors (Lipinski definition) is 2. The molecule has 0 saturated heterocycles. The number of nitrogens with one attached hydrogen (secondary N) is 1. The summed E-state index contributed by atoms with van der Waals surface area (Å²) in [7, 11) is 0. The van der Waals surface area contributed by atoms with Gasteiger partial charge in [0.2, 0.25) is 5.91 Å². The van der Waals surface area contributed by atoms with Crippen molar-refractivity contribution in [2.45, 2.75) is 33.6 Å². The van der Waals surface area contributed by atoms with E-state index in [9.17, 15) is 9.59 Å². The minimum Gasteiger partial charge on any atom is -0.464 e. The normalized spacial score (nSPS) is 11.3. The van der Waals surface area contributed by atoms with E-state index >= 15 is 0 Å². The van der Waals surface area contributed by atoms with Gasteiger partial charge in [-0.25, -0.2) is 4.79 Å². The second-order valence-corrected chi connectivity index (χ2v) is 7.56. The van der Waals surface area contributed by atoms with E-state index in [4.69, 9.17) is 13.9 Å². The van der Waals surface area contributed by atoms with Gasteiger partial charge in [0, 0.05) is 28.6 Å². The van der Waals surface area contributed by atoms with Gasteiger partial charge in [0.15, 0.2) is 0 Å². The molecule has 154 valence electrons. The average Bonchev–Trinajstić information content (AvgIpc) is 3.09. The van der Waals surface area contributed by atoms with Crippen LogP contribution < -0.4 is 10.9 Å². The number of furan rings is 1. The number of carbonyl (C=O) groups is 1. The van der Waals surface area contributed by atoms with Crippen molar-refractivity contribution in [1.82, 2.24) is 0 Å². The summed E-state index contributed by atoms with van der Waals surface area (Å²) >= 11 is 0. The molecule has 0 bridgehead atoms. The third-order valence-corrected chi connectivity index (χ3v) is 5.51. The maximum atomic E-state index is 12.7. The van der Waals surface area contributed by atoms with Gasteiger partial charge >= 0.3 is 5.63 Å². The highest BCUT2D eigenvalue weighted by Gasteiger charge is 2.19. The van der Waals surface area contributed by atoms with Crippen LogP contribution in [0.4, 0.5) is 5.69 Å². The Balaban J connectivity index is 1.66. The fourth-order valence-corrected chi connectivity index (χ4v) is 3.77. The second-order valence-electron chi connectivity index (χ2n) is 7.56. The zero-order chi connectivity index (χ0) is 21.4. The molecule has 0 aliphatic heterocycles. The molecule has 6 heteroatoms. The van der Waals surface area contributed by atoms with Crippen molar-refractivity contribution in [3.8, 4) is 0 Å². The topological polar surface area (TPSA) is 92.7 Å².